The highest BCUT2D eigenvalue weighted by atomic mass is 32.2. The average Bonchev–Trinajstić information content (AvgIpc) is 3.44. The second kappa shape index (κ2) is 11.2. The van der Waals surface area contributed by atoms with Crippen LogP contribution < -0.4 is 32.9 Å². The van der Waals surface area contributed by atoms with E-state index in [1.165, 1.54) is 36.5 Å². The molecule has 2 aromatic heterocycles. The molecule has 2 atom stereocenters. The number of nitrogen functional groups attached to an aromatic ring is 2. The van der Waals surface area contributed by atoms with Gasteiger partial charge in [0.1, 0.15) is 17.1 Å². The number of nitrogens with one attached hydrogen (secondary N) is 1. The number of carbonyl (C=O) groups excluding carboxylic acids is 2. The zero-order chi connectivity index (χ0) is 31.1. The van der Waals surface area contributed by atoms with Gasteiger partial charge in [0.25, 0.3) is 11.8 Å². The van der Waals surface area contributed by atoms with Crippen molar-refractivity contribution in [1.29, 1.82) is 0 Å². The number of guanidine groups is 1. The lowest BCUT2D eigenvalue weighted by molar-refractivity contribution is -0.765. The summed E-state index contributed by atoms with van der Waals surface area (Å²) in [5, 5.41) is 24.7. The Hall–Kier alpha value is -4.92. The smallest absolute Gasteiger partial charge is 0.352 e. The van der Waals surface area contributed by atoms with Gasteiger partial charge in [0, 0.05) is 22.9 Å². The van der Waals surface area contributed by atoms with Crippen LogP contribution in [0.4, 0.5) is 16.6 Å². The summed E-state index contributed by atoms with van der Waals surface area (Å²) in [6.45, 7) is 2.47. The molecule has 21 heteroatoms. The molecule has 42 heavy (non-hydrogen) atoms. The zero-order valence-electron chi connectivity index (χ0n) is 22.3. The molecule has 11 N–H and O–H groups in total. The van der Waals surface area contributed by atoms with Crippen LogP contribution in [0.1, 0.15) is 19.7 Å². The summed E-state index contributed by atoms with van der Waals surface area (Å²) < 4.78 is 7.03. The summed E-state index contributed by atoms with van der Waals surface area (Å²) in [6.07, 6.45) is 1.53. The Morgan fingerprint density at radius 3 is 2.55 bits per heavy atom. The Balaban J connectivity index is 1.57. The standard InChI is InChI=1S/C21H26N12O7S2/c1-21(2,18(38)39)40-29-9(13-28-20(25)42-30-13)14(34)27-10-15(35)33-11(17(36)37)7(6-41-16(10)33)4-32-5-8(26-19(23)24)12(22)31(32)3/h5,10,16,22H,4,6H2,1-3H3,(H9,23,24,25,26,27,28,30,34,36,37,38,39)/p+1/b29-9+/t10-,16-/m1/s1. The molecule has 19 nitrogen and oxygen atoms in total. The fourth-order valence-corrected chi connectivity index (χ4v) is 5.67. The van der Waals surface area contributed by atoms with Crippen LogP contribution in [0.5, 0.6) is 0 Å². The number of β-lactam (4-membered cyclic amide) rings is 1. The predicted molar refractivity (Wildman–Crippen MR) is 149 cm³/mol. The maximum absolute atomic E-state index is 13.2. The number of amides is 2. The van der Waals surface area contributed by atoms with E-state index in [4.69, 9.17) is 27.8 Å². The second-order valence-electron chi connectivity index (χ2n) is 9.48. The summed E-state index contributed by atoms with van der Waals surface area (Å²) in [4.78, 5) is 64.1. The molecule has 1 saturated heterocycles. The van der Waals surface area contributed by atoms with Gasteiger partial charge in [0.15, 0.2) is 29.1 Å². The molecule has 4 heterocycles. The SMILES string of the molecule is Cn1c(N)c(N=C(N)N)c[n+]1CC1=C(C(=O)O)N2C(=O)[C@@H](NC(=O)/C(=N/OC(C)(C)C(=O)O)c3nsc(N)n3)[C@H]2SC1. The van der Waals surface area contributed by atoms with Crippen molar-refractivity contribution in [2.24, 2.45) is 28.7 Å². The Morgan fingerprint density at radius 2 is 1.98 bits per heavy atom. The minimum Gasteiger partial charge on any atom is -0.478 e. The quantitative estimate of drug-likeness (QED) is 0.0464. The third-order valence-electron chi connectivity index (χ3n) is 6.16. The highest BCUT2D eigenvalue weighted by Crippen LogP contribution is 2.40. The van der Waals surface area contributed by atoms with E-state index in [9.17, 15) is 29.4 Å². The van der Waals surface area contributed by atoms with Crippen LogP contribution in [0, 0.1) is 0 Å². The molecule has 2 aliphatic rings. The number of anilines is 2. The third-order valence-corrected chi connectivity index (χ3v) is 8.04. The van der Waals surface area contributed by atoms with Crippen molar-refractivity contribution in [3.8, 4) is 0 Å². The predicted octanol–water partition coefficient (Wildman–Crippen LogP) is -2.74. The van der Waals surface area contributed by atoms with Gasteiger partial charge in [-0.15, -0.1) is 21.1 Å². The summed E-state index contributed by atoms with van der Waals surface area (Å²) in [5.41, 5.74) is 20.7. The molecule has 0 spiro atoms. The van der Waals surface area contributed by atoms with Crippen molar-refractivity contribution in [3.05, 3.63) is 23.3 Å². The molecule has 4 rings (SSSR count). The number of carboxylic acids is 2. The number of fused-ring (bicyclic) bond motifs is 1. The molecule has 0 aliphatic carbocycles. The zero-order valence-corrected chi connectivity index (χ0v) is 24.0. The molecular weight excluding hydrogens is 596 g/mol. The van der Waals surface area contributed by atoms with Crippen LogP contribution in [0.25, 0.3) is 0 Å². The number of carbonyl (C=O) groups is 4. The largest absolute Gasteiger partial charge is 0.478 e. The molecular formula is C21H27N12O7S2+. The van der Waals surface area contributed by atoms with E-state index in [1.54, 1.807) is 11.7 Å². The number of carboxylic acid groups (broad SMARTS) is 2. The first-order valence-corrected chi connectivity index (χ1v) is 13.7. The van der Waals surface area contributed by atoms with Gasteiger partial charge in [-0.1, -0.05) is 5.16 Å². The monoisotopic (exact) mass is 623 g/mol. The number of thioether (sulfide) groups is 1. The summed E-state index contributed by atoms with van der Waals surface area (Å²) in [6, 6.07) is -1.14. The molecule has 224 valence electrons. The van der Waals surface area contributed by atoms with Gasteiger partial charge < -0.3 is 43.3 Å². The van der Waals surface area contributed by atoms with E-state index in [1.807, 2.05) is 0 Å². The first-order valence-electron chi connectivity index (χ1n) is 11.9. The molecule has 0 radical (unpaired) electrons. The highest BCUT2D eigenvalue weighted by Gasteiger charge is 2.55. The van der Waals surface area contributed by atoms with Gasteiger partial charge in [-0.05, 0) is 13.8 Å². The van der Waals surface area contributed by atoms with Crippen LogP contribution in [-0.4, -0.2) is 87.3 Å². The van der Waals surface area contributed by atoms with Crippen LogP contribution >= 0.6 is 23.3 Å². The van der Waals surface area contributed by atoms with Gasteiger partial charge >= 0.3 is 11.9 Å². The topological polar surface area (TPSA) is 297 Å². The van der Waals surface area contributed by atoms with Crippen LogP contribution in [-0.2, 0) is 37.6 Å². The number of rotatable bonds is 10. The van der Waals surface area contributed by atoms with E-state index in [-0.39, 0.29) is 46.4 Å². The Labute approximate surface area is 245 Å². The number of aliphatic carboxylic acids is 2. The molecule has 0 saturated carbocycles. The van der Waals surface area contributed by atoms with Crippen molar-refractivity contribution in [3.63, 3.8) is 0 Å². The number of nitrogens with two attached hydrogens (primary N) is 4. The normalized spacial score (nSPS) is 18.7. The lowest BCUT2D eigenvalue weighted by Crippen LogP contribution is -2.71. The molecule has 2 aromatic rings. The molecule has 2 aliphatic heterocycles. The number of nitrogens with zero attached hydrogens (tertiary/aromatic N) is 7. The number of oxime groups is 1. The fraction of sp³-hybridized carbons (Fsp3) is 0.381. The van der Waals surface area contributed by atoms with E-state index in [0.29, 0.717) is 5.57 Å². The number of hydrogen-bond donors (Lipinski definition) is 7. The average molecular weight is 624 g/mol. The number of aliphatic imine (C=N–C) groups is 1. The summed E-state index contributed by atoms with van der Waals surface area (Å²) in [5.74, 6) is -4.37. The van der Waals surface area contributed by atoms with Gasteiger partial charge in [0.05, 0.1) is 7.05 Å². The fourth-order valence-electron chi connectivity index (χ4n) is 3.90. The van der Waals surface area contributed by atoms with Crippen molar-refractivity contribution in [1.82, 2.24) is 24.3 Å². The van der Waals surface area contributed by atoms with Crippen LogP contribution in [0.15, 0.2) is 27.6 Å². The van der Waals surface area contributed by atoms with E-state index < -0.39 is 46.5 Å². The molecule has 0 aromatic carbocycles. The van der Waals surface area contributed by atoms with Gasteiger partial charge in [-0.2, -0.15) is 9.36 Å². The van der Waals surface area contributed by atoms with E-state index in [2.05, 4.69) is 24.8 Å². The van der Waals surface area contributed by atoms with Gasteiger partial charge in [-0.3, -0.25) is 14.5 Å². The molecule has 1 fully saturated rings. The highest BCUT2D eigenvalue weighted by molar-refractivity contribution is 8.00. The lowest BCUT2D eigenvalue weighted by Gasteiger charge is -2.49. The van der Waals surface area contributed by atoms with Crippen molar-refractivity contribution < 1.29 is 38.9 Å². The Kier molecular flexibility index (Phi) is 7.98. The maximum atomic E-state index is 13.2. The first kappa shape index (κ1) is 30.0. The summed E-state index contributed by atoms with van der Waals surface area (Å²) >= 11 is 1.99. The number of hydrogen-bond acceptors (Lipinski definition) is 13. The summed E-state index contributed by atoms with van der Waals surface area (Å²) in [7, 11) is 1.63. The maximum Gasteiger partial charge on any atom is 0.352 e. The first-order chi connectivity index (χ1) is 19.6. The van der Waals surface area contributed by atoms with Crippen molar-refractivity contribution in [2.45, 2.75) is 37.4 Å². The minimum absolute atomic E-state index is 0.00348. The van der Waals surface area contributed by atoms with Crippen molar-refractivity contribution in [2.75, 3.05) is 17.2 Å². The number of aromatic nitrogens is 4. The Morgan fingerprint density at radius 1 is 1.29 bits per heavy atom. The van der Waals surface area contributed by atoms with E-state index >= 15 is 0 Å². The molecule has 2 amide bonds. The second-order valence-corrected chi connectivity index (χ2v) is 11.4. The van der Waals surface area contributed by atoms with E-state index in [0.717, 1.165) is 16.4 Å². The van der Waals surface area contributed by atoms with Gasteiger partial charge in [-0.25, -0.2) is 14.6 Å². The molecule has 0 unspecified atom stereocenters. The third kappa shape index (κ3) is 5.63. The Bertz CT molecular complexity index is 1570. The minimum atomic E-state index is -1.81. The van der Waals surface area contributed by atoms with Gasteiger partial charge in [0.2, 0.25) is 23.3 Å². The van der Waals surface area contributed by atoms with Crippen molar-refractivity contribution >= 4 is 75.4 Å². The lowest BCUT2D eigenvalue weighted by atomic mass is 10.0. The molecule has 0 bridgehead atoms. The van der Waals surface area contributed by atoms with Crippen LogP contribution in [0.3, 0.4) is 0 Å². The van der Waals surface area contributed by atoms with Crippen LogP contribution in [0.2, 0.25) is 0 Å².